The van der Waals surface area contributed by atoms with Gasteiger partial charge in [-0.15, -0.1) is 0 Å². The van der Waals surface area contributed by atoms with E-state index in [1.165, 1.54) is 16.8 Å². The predicted octanol–water partition coefficient (Wildman–Crippen LogP) is 7.11. The van der Waals surface area contributed by atoms with E-state index < -0.39 is 0 Å². The van der Waals surface area contributed by atoms with Crippen molar-refractivity contribution in [3.8, 4) is 0 Å². The average molecular weight is 389 g/mol. The van der Waals surface area contributed by atoms with Crippen LogP contribution in [0.3, 0.4) is 0 Å². The van der Waals surface area contributed by atoms with Crippen molar-refractivity contribution >= 4 is 38.7 Å². The van der Waals surface area contributed by atoms with Gasteiger partial charge in [0.2, 0.25) is 0 Å². The van der Waals surface area contributed by atoms with Crippen LogP contribution in [0.1, 0.15) is 25.0 Å². The highest BCUT2D eigenvalue weighted by molar-refractivity contribution is 9.10. The van der Waals surface area contributed by atoms with Crippen LogP contribution in [-0.2, 0) is 5.41 Å². The number of hydrogen-bond donors (Lipinski definition) is 0. The van der Waals surface area contributed by atoms with Crippen LogP contribution < -0.4 is 4.90 Å². The van der Waals surface area contributed by atoms with E-state index >= 15 is 0 Å². The normalized spacial score (nSPS) is 14.4. The van der Waals surface area contributed by atoms with Gasteiger partial charge in [0.15, 0.2) is 5.69 Å². The summed E-state index contributed by atoms with van der Waals surface area (Å²) in [6, 6.07) is 22.9. The van der Waals surface area contributed by atoms with Crippen LogP contribution >= 0.6 is 15.9 Å². The summed E-state index contributed by atoms with van der Waals surface area (Å²) in [5.41, 5.74) is 6.43. The third kappa shape index (κ3) is 2.45. The maximum atomic E-state index is 7.38. The molecular formula is C22H17BrN2. The maximum Gasteiger partial charge on any atom is 0.187 e. The molecule has 0 amide bonds. The molecule has 25 heavy (non-hydrogen) atoms. The number of anilines is 3. The first-order valence-corrected chi connectivity index (χ1v) is 8.99. The minimum absolute atomic E-state index is 0.154. The molecule has 1 aliphatic heterocycles. The van der Waals surface area contributed by atoms with Crippen LogP contribution in [-0.4, -0.2) is 0 Å². The van der Waals surface area contributed by atoms with Gasteiger partial charge in [0.05, 0.1) is 12.3 Å². The van der Waals surface area contributed by atoms with Gasteiger partial charge in [-0.1, -0.05) is 60.1 Å². The highest BCUT2D eigenvalue weighted by Crippen LogP contribution is 2.52. The fourth-order valence-corrected chi connectivity index (χ4v) is 3.89. The molecule has 4 rings (SSSR count). The molecule has 0 saturated heterocycles. The van der Waals surface area contributed by atoms with Gasteiger partial charge >= 0.3 is 0 Å². The maximum absolute atomic E-state index is 7.38. The number of rotatable bonds is 1. The van der Waals surface area contributed by atoms with Gasteiger partial charge in [0, 0.05) is 21.3 Å². The number of nitrogens with zero attached hydrogens (tertiary/aromatic N) is 2. The lowest BCUT2D eigenvalue weighted by Crippen LogP contribution is -2.30. The topological polar surface area (TPSA) is 7.60 Å². The smallest absolute Gasteiger partial charge is 0.187 e. The fourth-order valence-electron chi connectivity index (χ4n) is 3.63. The number of para-hydroxylation sites is 1. The second-order valence-electron chi connectivity index (χ2n) is 6.77. The molecule has 0 atom stereocenters. The number of fused-ring (bicyclic) bond motifs is 2. The van der Waals surface area contributed by atoms with E-state index in [1.807, 2.05) is 12.1 Å². The Bertz CT molecular complexity index is 997. The molecule has 2 nitrogen and oxygen atoms in total. The minimum atomic E-state index is -0.154. The molecule has 1 aliphatic rings. The van der Waals surface area contributed by atoms with Gasteiger partial charge in [-0.25, -0.2) is 4.85 Å². The first-order chi connectivity index (χ1) is 12.0. The van der Waals surface area contributed by atoms with Crippen molar-refractivity contribution in [2.45, 2.75) is 19.3 Å². The van der Waals surface area contributed by atoms with Crippen molar-refractivity contribution in [1.82, 2.24) is 0 Å². The zero-order valence-electron chi connectivity index (χ0n) is 14.1. The zero-order valence-corrected chi connectivity index (χ0v) is 15.7. The van der Waals surface area contributed by atoms with Crippen molar-refractivity contribution in [3.05, 3.63) is 93.7 Å². The monoisotopic (exact) mass is 388 g/mol. The van der Waals surface area contributed by atoms with Crippen molar-refractivity contribution in [2.24, 2.45) is 0 Å². The van der Waals surface area contributed by atoms with Gasteiger partial charge in [-0.05, 0) is 47.5 Å². The molecule has 0 unspecified atom stereocenters. The van der Waals surface area contributed by atoms with Gasteiger partial charge in [-0.2, -0.15) is 0 Å². The van der Waals surface area contributed by atoms with E-state index in [-0.39, 0.29) is 5.41 Å². The first-order valence-electron chi connectivity index (χ1n) is 8.19. The lowest BCUT2D eigenvalue weighted by molar-refractivity contribution is 0.632. The third-order valence-corrected chi connectivity index (χ3v) is 5.46. The molecule has 3 aromatic carbocycles. The van der Waals surface area contributed by atoms with Crippen molar-refractivity contribution in [1.29, 1.82) is 0 Å². The Labute approximate surface area is 156 Å². The van der Waals surface area contributed by atoms with Crippen LogP contribution in [0.4, 0.5) is 22.7 Å². The van der Waals surface area contributed by atoms with E-state index in [4.69, 9.17) is 6.57 Å². The Balaban J connectivity index is 2.03. The van der Waals surface area contributed by atoms with E-state index in [1.54, 1.807) is 0 Å². The average Bonchev–Trinajstić information content (AvgIpc) is 2.63. The Hall–Kier alpha value is -2.57. The number of benzene rings is 3. The zero-order chi connectivity index (χ0) is 17.6. The van der Waals surface area contributed by atoms with Gasteiger partial charge < -0.3 is 4.90 Å². The second-order valence-corrected chi connectivity index (χ2v) is 7.68. The molecule has 0 saturated carbocycles. The van der Waals surface area contributed by atoms with E-state index in [9.17, 15) is 0 Å². The van der Waals surface area contributed by atoms with Crippen LogP contribution in [0.2, 0.25) is 0 Å². The molecule has 0 fully saturated rings. The molecule has 0 N–H and O–H groups in total. The summed E-state index contributed by atoms with van der Waals surface area (Å²) in [7, 11) is 0. The molecule has 122 valence electrons. The Kier molecular flexibility index (Phi) is 3.67. The van der Waals surface area contributed by atoms with Crippen LogP contribution in [0.25, 0.3) is 4.85 Å². The Morgan fingerprint density at radius 1 is 0.880 bits per heavy atom. The number of hydrogen-bond acceptors (Lipinski definition) is 1. The van der Waals surface area contributed by atoms with Crippen molar-refractivity contribution < 1.29 is 0 Å². The van der Waals surface area contributed by atoms with E-state index in [0.29, 0.717) is 5.69 Å². The molecule has 0 bridgehead atoms. The molecule has 3 aromatic rings. The summed E-state index contributed by atoms with van der Waals surface area (Å²) < 4.78 is 1.06. The molecule has 0 radical (unpaired) electrons. The molecule has 0 spiro atoms. The molecule has 0 aliphatic carbocycles. The van der Waals surface area contributed by atoms with E-state index in [0.717, 1.165) is 15.8 Å². The minimum Gasteiger partial charge on any atom is -0.310 e. The van der Waals surface area contributed by atoms with Crippen LogP contribution in [0.5, 0.6) is 0 Å². The molecule has 1 heterocycles. The largest absolute Gasteiger partial charge is 0.310 e. The molecule has 0 aromatic heterocycles. The van der Waals surface area contributed by atoms with Gasteiger partial charge in [0.1, 0.15) is 0 Å². The Morgan fingerprint density at radius 2 is 1.56 bits per heavy atom. The van der Waals surface area contributed by atoms with Gasteiger partial charge in [-0.3, -0.25) is 0 Å². The fraction of sp³-hybridized carbons (Fsp3) is 0.136. The van der Waals surface area contributed by atoms with E-state index in [2.05, 4.69) is 94.1 Å². The van der Waals surface area contributed by atoms with Crippen molar-refractivity contribution in [2.75, 3.05) is 4.90 Å². The highest BCUT2D eigenvalue weighted by atomic mass is 79.9. The lowest BCUT2D eigenvalue weighted by atomic mass is 9.73. The summed E-state index contributed by atoms with van der Waals surface area (Å²) in [4.78, 5) is 5.92. The summed E-state index contributed by atoms with van der Waals surface area (Å²) in [6.45, 7) is 11.8. The first kappa shape index (κ1) is 15.9. The highest BCUT2D eigenvalue weighted by Gasteiger charge is 2.36. The molecule has 3 heteroatoms. The predicted molar refractivity (Wildman–Crippen MR) is 107 cm³/mol. The molecular weight excluding hydrogens is 372 g/mol. The SMILES string of the molecule is [C-]#[N+]c1ccc2c(c1)C(C)(C)c1ccccc1N2c1ccc(Br)cc1. The summed E-state index contributed by atoms with van der Waals surface area (Å²) >= 11 is 3.52. The Morgan fingerprint density at radius 3 is 2.28 bits per heavy atom. The second kappa shape index (κ2) is 5.75. The van der Waals surface area contributed by atoms with Gasteiger partial charge in [0.25, 0.3) is 0 Å². The van der Waals surface area contributed by atoms with Crippen molar-refractivity contribution in [3.63, 3.8) is 0 Å². The van der Waals surface area contributed by atoms with Crippen LogP contribution in [0, 0.1) is 6.57 Å². The summed E-state index contributed by atoms with van der Waals surface area (Å²) in [6.07, 6.45) is 0. The quantitative estimate of drug-likeness (QED) is 0.403. The summed E-state index contributed by atoms with van der Waals surface area (Å²) in [5, 5.41) is 0. The number of halogens is 1. The van der Waals surface area contributed by atoms with Crippen LogP contribution in [0.15, 0.2) is 71.2 Å². The third-order valence-electron chi connectivity index (χ3n) is 4.93. The summed E-state index contributed by atoms with van der Waals surface area (Å²) in [5.74, 6) is 0. The lowest BCUT2D eigenvalue weighted by Gasteiger charge is -2.42. The standard InChI is InChI=1S/C22H17BrN2/c1-22(2)18-6-4-5-7-20(18)25(17-11-8-15(23)9-12-17)21-13-10-16(24-3)14-19(21)22/h4-14H,1-2H3.